The van der Waals surface area contributed by atoms with E-state index < -0.39 is 29.0 Å². The van der Waals surface area contributed by atoms with Gasteiger partial charge in [0.05, 0.1) is 12.1 Å². The van der Waals surface area contributed by atoms with E-state index in [0.717, 1.165) is 33.1 Å². The summed E-state index contributed by atoms with van der Waals surface area (Å²) in [4.78, 5) is 25.2. The molecule has 2 amide bonds. The Morgan fingerprint density at radius 2 is 1.88 bits per heavy atom. The third-order valence-electron chi connectivity index (χ3n) is 3.35. The number of rotatable bonds is 4. The zero-order valence-electron chi connectivity index (χ0n) is 13.1. The van der Waals surface area contributed by atoms with Gasteiger partial charge in [-0.2, -0.15) is 0 Å². The summed E-state index contributed by atoms with van der Waals surface area (Å²) in [7, 11) is 1.35. The molecule has 0 atom stereocenters. The fourth-order valence-corrected chi connectivity index (χ4v) is 2.59. The number of amides is 2. The minimum Gasteiger partial charge on any atom is -0.332 e. The van der Waals surface area contributed by atoms with Crippen LogP contribution in [0.25, 0.3) is 0 Å². The Hall–Kier alpha value is -2.28. The van der Waals surface area contributed by atoms with E-state index in [1.807, 2.05) is 13.0 Å². The number of nitrogens with zero attached hydrogens (tertiary/aromatic N) is 1. The van der Waals surface area contributed by atoms with Crippen LogP contribution in [0.5, 0.6) is 0 Å². The quantitative estimate of drug-likeness (QED) is 0.855. The molecule has 0 bridgehead atoms. The molecular formula is C17H15BrF2N2O2. The van der Waals surface area contributed by atoms with Crippen LogP contribution in [0.4, 0.5) is 14.5 Å². The van der Waals surface area contributed by atoms with Gasteiger partial charge < -0.3 is 10.2 Å². The maximum atomic E-state index is 13.6. The van der Waals surface area contributed by atoms with Crippen LogP contribution < -0.4 is 5.32 Å². The first-order valence-electron chi connectivity index (χ1n) is 7.04. The highest BCUT2D eigenvalue weighted by atomic mass is 79.9. The molecular weight excluding hydrogens is 382 g/mol. The summed E-state index contributed by atoms with van der Waals surface area (Å²) >= 11 is 3.33. The molecule has 0 aliphatic heterocycles. The fourth-order valence-electron chi connectivity index (χ4n) is 2.11. The summed E-state index contributed by atoms with van der Waals surface area (Å²) in [6.45, 7) is 1.54. The van der Waals surface area contributed by atoms with Crippen LogP contribution in [0.15, 0.2) is 40.9 Å². The van der Waals surface area contributed by atoms with E-state index in [9.17, 15) is 18.4 Å². The Bertz CT molecular complexity index is 796. The van der Waals surface area contributed by atoms with Crippen LogP contribution in [-0.2, 0) is 4.79 Å². The Kier molecular flexibility index (Phi) is 5.66. The Labute approximate surface area is 146 Å². The lowest BCUT2D eigenvalue weighted by Crippen LogP contribution is -2.35. The van der Waals surface area contributed by atoms with Gasteiger partial charge in [0.25, 0.3) is 5.91 Å². The monoisotopic (exact) mass is 396 g/mol. The number of anilines is 1. The summed E-state index contributed by atoms with van der Waals surface area (Å²) < 4.78 is 27.7. The number of carbonyl (C=O) groups excluding carboxylic acids is 2. The van der Waals surface area contributed by atoms with Crippen molar-refractivity contribution in [2.75, 3.05) is 18.9 Å². The zero-order valence-corrected chi connectivity index (χ0v) is 14.7. The largest absolute Gasteiger partial charge is 0.332 e. The van der Waals surface area contributed by atoms with Crippen molar-refractivity contribution in [1.29, 1.82) is 0 Å². The van der Waals surface area contributed by atoms with Crippen molar-refractivity contribution in [3.05, 3.63) is 63.6 Å². The van der Waals surface area contributed by atoms with Crippen molar-refractivity contribution >= 4 is 33.4 Å². The second-order valence-corrected chi connectivity index (χ2v) is 6.21. The molecule has 0 fully saturated rings. The first-order valence-corrected chi connectivity index (χ1v) is 7.83. The molecule has 4 nitrogen and oxygen atoms in total. The van der Waals surface area contributed by atoms with Crippen LogP contribution in [-0.4, -0.2) is 30.3 Å². The number of hydrogen-bond donors (Lipinski definition) is 1. The van der Waals surface area contributed by atoms with Crippen molar-refractivity contribution in [3.8, 4) is 0 Å². The van der Waals surface area contributed by atoms with Crippen molar-refractivity contribution in [3.63, 3.8) is 0 Å². The number of carbonyl (C=O) groups is 2. The van der Waals surface area contributed by atoms with E-state index in [-0.39, 0.29) is 6.54 Å². The Morgan fingerprint density at radius 1 is 1.17 bits per heavy atom. The smallest absolute Gasteiger partial charge is 0.257 e. The Balaban J connectivity index is 2.05. The summed E-state index contributed by atoms with van der Waals surface area (Å²) in [6.07, 6.45) is 0. The van der Waals surface area contributed by atoms with Gasteiger partial charge in [-0.05, 0) is 48.9 Å². The van der Waals surface area contributed by atoms with Gasteiger partial charge in [0.15, 0.2) is 0 Å². The van der Waals surface area contributed by atoms with Gasteiger partial charge in [0, 0.05) is 17.2 Å². The number of hydrogen-bond acceptors (Lipinski definition) is 2. The highest BCUT2D eigenvalue weighted by Gasteiger charge is 2.19. The van der Waals surface area contributed by atoms with Gasteiger partial charge in [0.2, 0.25) is 5.91 Å². The molecule has 126 valence electrons. The summed E-state index contributed by atoms with van der Waals surface area (Å²) in [5, 5.41) is 2.68. The molecule has 0 aromatic heterocycles. The van der Waals surface area contributed by atoms with Gasteiger partial charge in [0.1, 0.15) is 11.6 Å². The number of nitrogens with one attached hydrogen (secondary N) is 1. The maximum Gasteiger partial charge on any atom is 0.257 e. The molecule has 0 saturated carbocycles. The van der Waals surface area contributed by atoms with Crippen molar-refractivity contribution in [1.82, 2.24) is 4.90 Å². The molecule has 0 aliphatic rings. The first kappa shape index (κ1) is 18.1. The van der Waals surface area contributed by atoms with Gasteiger partial charge >= 0.3 is 0 Å². The molecule has 1 N–H and O–H groups in total. The molecule has 0 aliphatic carbocycles. The van der Waals surface area contributed by atoms with Gasteiger partial charge in [-0.1, -0.05) is 15.9 Å². The third kappa shape index (κ3) is 4.38. The normalized spacial score (nSPS) is 10.4. The second-order valence-electron chi connectivity index (χ2n) is 5.29. The maximum absolute atomic E-state index is 13.6. The average molecular weight is 397 g/mol. The zero-order chi connectivity index (χ0) is 17.9. The number of halogens is 3. The van der Waals surface area contributed by atoms with E-state index in [2.05, 4.69) is 21.2 Å². The fraction of sp³-hybridized carbons (Fsp3) is 0.176. The topological polar surface area (TPSA) is 49.4 Å². The van der Waals surface area contributed by atoms with Gasteiger partial charge in [-0.25, -0.2) is 8.78 Å². The molecule has 2 aromatic rings. The standard InChI is InChI=1S/C17H15BrF2N2O2/c1-10-7-11(18)3-6-15(10)21-16(23)9-22(2)17(24)13-8-12(19)4-5-14(13)20/h3-8H,9H2,1-2H3,(H,21,23). The predicted molar refractivity (Wildman–Crippen MR) is 90.8 cm³/mol. The number of aryl methyl sites for hydroxylation is 1. The Morgan fingerprint density at radius 3 is 2.54 bits per heavy atom. The van der Waals surface area contributed by atoms with Crippen molar-refractivity contribution < 1.29 is 18.4 Å². The lowest BCUT2D eigenvalue weighted by molar-refractivity contribution is -0.116. The van der Waals surface area contributed by atoms with Gasteiger partial charge in [-0.3, -0.25) is 9.59 Å². The number of likely N-dealkylation sites (N-methyl/N-ethyl adjacent to an activating group) is 1. The van der Waals surface area contributed by atoms with Crippen LogP contribution in [0.3, 0.4) is 0 Å². The van der Waals surface area contributed by atoms with Crippen molar-refractivity contribution in [2.45, 2.75) is 6.92 Å². The van der Waals surface area contributed by atoms with E-state index in [1.165, 1.54) is 7.05 Å². The van der Waals surface area contributed by atoms with E-state index in [4.69, 9.17) is 0 Å². The molecule has 24 heavy (non-hydrogen) atoms. The molecule has 2 rings (SSSR count). The molecule has 2 aromatic carbocycles. The van der Waals surface area contributed by atoms with Crippen LogP contribution in [0, 0.1) is 18.6 Å². The second kappa shape index (κ2) is 7.53. The lowest BCUT2D eigenvalue weighted by atomic mass is 10.2. The minimum absolute atomic E-state index is 0.287. The molecule has 7 heteroatoms. The van der Waals surface area contributed by atoms with E-state index in [0.29, 0.717) is 5.69 Å². The van der Waals surface area contributed by atoms with Crippen LogP contribution >= 0.6 is 15.9 Å². The minimum atomic E-state index is -0.836. The lowest BCUT2D eigenvalue weighted by Gasteiger charge is -2.18. The molecule has 0 radical (unpaired) electrons. The SMILES string of the molecule is Cc1cc(Br)ccc1NC(=O)CN(C)C(=O)c1cc(F)ccc1F. The molecule has 0 unspecified atom stereocenters. The van der Waals surface area contributed by atoms with Gasteiger partial charge in [-0.15, -0.1) is 0 Å². The average Bonchev–Trinajstić information content (AvgIpc) is 2.51. The number of benzene rings is 2. The molecule has 0 spiro atoms. The predicted octanol–water partition coefficient (Wildman–Crippen LogP) is 3.75. The molecule has 0 heterocycles. The van der Waals surface area contributed by atoms with E-state index in [1.54, 1.807) is 12.1 Å². The molecule has 0 saturated heterocycles. The first-order chi connectivity index (χ1) is 11.3. The van der Waals surface area contributed by atoms with Crippen LogP contribution in [0.2, 0.25) is 0 Å². The summed E-state index contributed by atoms with van der Waals surface area (Å²) in [5.74, 6) is -2.76. The van der Waals surface area contributed by atoms with Crippen LogP contribution in [0.1, 0.15) is 15.9 Å². The summed E-state index contributed by atoms with van der Waals surface area (Å²) in [5.41, 5.74) is 1.05. The summed E-state index contributed by atoms with van der Waals surface area (Å²) in [6, 6.07) is 7.96. The third-order valence-corrected chi connectivity index (χ3v) is 3.84. The highest BCUT2D eigenvalue weighted by Crippen LogP contribution is 2.20. The van der Waals surface area contributed by atoms with E-state index >= 15 is 0 Å². The van der Waals surface area contributed by atoms with Crippen molar-refractivity contribution in [2.24, 2.45) is 0 Å². The highest BCUT2D eigenvalue weighted by molar-refractivity contribution is 9.10.